The Hall–Kier alpha value is -6.72. The number of aliphatic hydroxyl groups excluding tert-OH is 4. The maximum atomic E-state index is 12.3. The molecular formula is C56H70O16. The number of esters is 4. The lowest BCUT2D eigenvalue weighted by Crippen LogP contribution is -2.25. The van der Waals surface area contributed by atoms with E-state index in [-0.39, 0.29) is 87.7 Å². The predicted octanol–water partition coefficient (Wildman–Crippen LogP) is 6.88. The van der Waals surface area contributed by atoms with Crippen molar-refractivity contribution in [1.82, 2.24) is 0 Å². The highest BCUT2D eigenvalue weighted by molar-refractivity contribution is 5.87. The number of hydrogen-bond acceptors (Lipinski definition) is 16. The van der Waals surface area contributed by atoms with Gasteiger partial charge in [-0.15, -0.1) is 0 Å². The minimum absolute atomic E-state index is 0.0459. The molecule has 0 radical (unpaired) electrons. The second kappa shape index (κ2) is 28.4. The smallest absolute Gasteiger partial charge is 0.333 e. The molecule has 0 fully saturated rings. The van der Waals surface area contributed by atoms with Crippen LogP contribution in [-0.4, -0.2) is 122 Å². The largest absolute Gasteiger partial charge is 0.491 e. The highest BCUT2D eigenvalue weighted by Crippen LogP contribution is 2.35. The van der Waals surface area contributed by atoms with Gasteiger partial charge in [0.25, 0.3) is 0 Å². The SMILES string of the molecule is C=C(C)C(=O)OCC(O)COc1ccc(C(C)(C)c2ccc(OCC(O)COC(=O)CCCCC(=O)OCC(O)COc3ccc(C(C)(C)c4ccc(OC[C@H](O)COC(=O)C(=C)C)cc4)cc3)cc2)cc1. The molecule has 390 valence electrons. The van der Waals surface area contributed by atoms with Crippen molar-refractivity contribution in [2.24, 2.45) is 0 Å². The van der Waals surface area contributed by atoms with E-state index >= 15 is 0 Å². The minimum atomic E-state index is -1.06. The van der Waals surface area contributed by atoms with Gasteiger partial charge in [0, 0.05) is 34.8 Å². The maximum absolute atomic E-state index is 12.3. The molecule has 0 aliphatic rings. The second-order valence-corrected chi connectivity index (χ2v) is 18.5. The van der Waals surface area contributed by atoms with Crippen LogP contribution in [0.1, 0.15) is 89.5 Å². The first kappa shape index (κ1) is 57.9. The number of unbranched alkanes of at least 4 members (excludes halogenated alkanes) is 1. The lowest BCUT2D eigenvalue weighted by Gasteiger charge is -2.26. The molecule has 0 aromatic heterocycles. The third-order valence-electron chi connectivity index (χ3n) is 11.5. The van der Waals surface area contributed by atoms with Crippen LogP contribution in [0.5, 0.6) is 23.0 Å². The van der Waals surface area contributed by atoms with E-state index in [1.165, 1.54) is 13.8 Å². The van der Waals surface area contributed by atoms with Gasteiger partial charge in [0.2, 0.25) is 0 Å². The van der Waals surface area contributed by atoms with Gasteiger partial charge in [0.15, 0.2) is 0 Å². The highest BCUT2D eigenvalue weighted by Gasteiger charge is 2.25. The van der Waals surface area contributed by atoms with E-state index in [4.69, 9.17) is 37.9 Å². The summed E-state index contributed by atoms with van der Waals surface area (Å²) in [6, 6.07) is 29.9. The number of aliphatic hydroxyl groups is 4. The van der Waals surface area contributed by atoms with Gasteiger partial charge in [-0.1, -0.05) is 89.4 Å². The molecule has 3 unspecified atom stereocenters. The Balaban J connectivity index is 1.05. The van der Waals surface area contributed by atoms with Crippen LogP contribution in [0.25, 0.3) is 0 Å². The quantitative estimate of drug-likeness (QED) is 0.0175. The van der Waals surface area contributed by atoms with E-state index in [1.54, 1.807) is 48.5 Å². The second-order valence-electron chi connectivity index (χ2n) is 18.5. The summed E-state index contributed by atoms with van der Waals surface area (Å²) in [4.78, 5) is 47.6. The Morgan fingerprint density at radius 1 is 0.403 bits per heavy atom. The highest BCUT2D eigenvalue weighted by atomic mass is 16.6. The molecule has 0 heterocycles. The first-order valence-corrected chi connectivity index (χ1v) is 23.8. The van der Waals surface area contributed by atoms with Gasteiger partial charge < -0.3 is 58.3 Å². The van der Waals surface area contributed by atoms with Gasteiger partial charge in [0.05, 0.1) is 0 Å². The van der Waals surface area contributed by atoms with Crippen LogP contribution in [-0.2, 0) is 49.0 Å². The topological polar surface area (TPSA) is 223 Å². The number of ether oxygens (including phenoxy) is 8. The third-order valence-corrected chi connectivity index (χ3v) is 11.5. The average molecular weight is 999 g/mol. The van der Waals surface area contributed by atoms with E-state index in [0.717, 1.165) is 22.3 Å². The van der Waals surface area contributed by atoms with Gasteiger partial charge in [-0.2, -0.15) is 0 Å². The van der Waals surface area contributed by atoms with Crippen LogP contribution < -0.4 is 18.9 Å². The van der Waals surface area contributed by atoms with Gasteiger partial charge >= 0.3 is 23.9 Å². The minimum Gasteiger partial charge on any atom is -0.491 e. The molecule has 4 rings (SSSR count). The molecular weight excluding hydrogens is 929 g/mol. The molecule has 4 N–H and O–H groups in total. The van der Waals surface area contributed by atoms with E-state index in [0.29, 0.717) is 35.8 Å². The Bertz CT molecular complexity index is 2190. The van der Waals surface area contributed by atoms with Crippen molar-refractivity contribution in [2.45, 2.75) is 102 Å². The fourth-order valence-corrected chi connectivity index (χ4v) is 6.82. The molecule has 4 atom stereocenters. The first-order valence-electron chi connectivity index (χ1n) is 23.8. The summed E-state index contributed by atoms with van der Waals surface area (Å²) in [5, 5.41) is 40.9. The molecule has 16 nitrogen and oxygen atoms in total. The van der Waals surface area contributed by atoms with E-state index in [9.17, 15) is 39.6 Å². The number of carbonyl (C=O) groups is 4. The lowest BCUT2D eigenvalue weighted by molar-refractivity contribution is -0.149. The lowest BCUT2D eigenvalue weighted by atomic mass is 9.78. The van der Waals surface area contributed by atoms with E-state index in [1.807, 2.05) is 48.5 Å². The molecule has 0 saturated carbocycles. The predicted molar refractivity (Wildman–Crippen MR) is 268 cm³/mol. The summed E-state index contributed by atoms with van der Waals surface area (Å²) >= 11 is 0. The van der Waals surface area contributed by atoms with Crippen LogP contribution in [0.4, 0.5) is 0 Å². The summed E-state index contributed by atoms with van der Waals surface area (Å²) in [7, 11) is 0. The number of hydrogen-bond donors (Lipinski definition) is 4. The van der Waals surface area contributed by atoms with Crippen molar-refractivity contribution in [3.8, 4) is 23.0 Å². The Labute approximate surface area is 422 Å². The number of carbonyl (C=O) groups excluding carboxylic acids is 4. The fourth-order valence-electron chi connectivity index (χ4n) is 6.82. The van der Waals surface area contributed by atoms with Crippen LogP contribution in [0.15, 0.2) is 121 Å². The zero-order valence-corrected chi connectivity index (χ0v) is 42.1. The normalized spacial score (nSPS) is 13.1. The van der Waals surface area contributed by atoms with Crippen LogP contribution >= 0.6 is 0 Å². The van der Waals surface area contributed by atoms with E-state index in [2.05, 4.69) is 40.9 Å². The fraction of sp³-hybridized carbons (Fsp3) is 0.429. The van der Waals surface area contributed by atoms with Crippen LogP contribution in [0, 0.1) is 0 Å². The molecule has 0 aliphatic carbocycles. The summed E-state index contributed by atoms with van der Waals surface area (Å²) in [5.74, 6) is -0.0179. The molecule has 0 aliphatic heterocycles. The van der Waals surface area contributed by atoms with Crippen molar-refractivity contribution in [1.29, 1.82) is 0 Å². The molecule has 0 saturated heterocycles. The molecule has 0 spiro atoms. The number of benzene rings is 4. The van der Waals surface area contributed by atoms with Crippen molar-refractivity contribution in [3.05, 3.63) is 144 Å². The van der Waals surface area contributed by atoms with E-state index < -0.39 is 48.3 Å². The van der Waals surface area contributed by atoms with Crippen molar-refractivity contribution < 1.29 is 77.5 Å². The summed E-state index contributed by atoms with van der Waals surface area (Å²) in [6.45, 7) is 17.2. The Morgan fingerprint density at radius 2 is 0.625 bits per heavy atom. The van der Waals surface area contributed by atoms with Crippen molar-refractivity contribution in [2.75, 3.05) is 52.9 Å². The van der Waals surface area contributed by atoms with Gasteiger partial charge in [0.1, 0.15) is 100 Å². The molecule has 72 heavy (non-hydrogen) atoms. The van der Waals surface area contributed by atoms with Crippen molar-refractivity contribution in [3.63, 3.8) is 0 Å². The molecule has 4 aromatic carbocycles. The van der Waals surface area contributed by atoms with Crippen molar-refractivity contribution >= 4 is 23.9 Å². The monoisotopic (exact) mass is 998 g/mol. The summed E-state index contributed by atoms with van der Waals surface area (Å²) in [5.41, 5.74) is 3.80. The molecule has 4 aromatic rings. The maximum Gasteiger partial charge on any atom is 0.333 e. The third kappa shape index (κ3) is 19.5. The molecule has 0 bridgehead atoms. The summed E-state index contributed by atoms with van der Waals surface area (Å²) < 4.78 is 43.1. The Morgan fingerprint density at radius 3 is 0.847 bits per heavy atom. The van der Waals surface area contributed by atoms with Gasteiger partial charge in [-0.3, -0.25) is 9.59 Å². The van der Waals surface area contributed by atoms with Gasteiger partial charge in [-0.05, 0) is 97.5 Å². The number of rotatable bonds is 31. The zero-order valence-electron chi connectivity index (χ0n) is 42.1. The molecule has 0 amide bonds. The summed E-state index contributed by atoms with van der Waals surface area (Å²) in [6.07, 6.45) is -3.27. The van der Waals surface area contributed by atoms with Gasteiger partial charge in [-0.25, -0.2) is 9.59 Å². The average Bonchev–Trinajstić information content (AvgIpc) is 3.37. The molecule has 16 heteroatoms. The first-order chi connectivity index (χ1) is 34.1. The van der Waals surface area contributed by atoms with Crippen LogP contribution in [0.3, 0.4) is 0 Å². The standard InChI is InChI=1S/C56H70O16/c1-37(2)53(63)71-35-45(59)31-67-49-25-17-41(18-26-49)55(5,6)39-13-21-47(22-14-39)65-29-43(57)33-69-51(61)11-9-10-12-52(62)70-34-44(58)30-66-48-23-15-40(16-24-48)56(7,8)42-19-27-50(28-20-42)68-32-46(60)36-72-54(64)38(3)4/h13-28,43-46,57-60H,1,3,9-12,29-36H2,2,4-8H3/t43?,44?,45-,46?/m0/s1. The zero-order chi connectivity index (χ0) is 52.8. The Kier molecular flexibility index (Phi) is 22.8. The van der Waals surface area contributed by atoms with Crippen LogP contribution in [0.2, 0.25) is 0 Å².